The van der Waals surface area contributed by atoms with Crippen molar-refractivity contribution < 1.29 is 0 Å². The van der Waals surface area contributed by atoms with Gasteiger partial charge in [0.25, 0.3) is 0 Å². The van der Waals surface area contributed by atoms with Crippen molar-refractivity contribution in [2.75, 3.05) is 0 Å². The fourth-order valence-electron chi connectivity index (χ4n) is 2.50. The van der Waals surface area contributed by atoms with Gasteiger partial charge in [-0.3, -0.25) is 4.98 Å². The first-order valence-corrected chi connectivity index (χ1v) is 11.2. The highest BCUT2D eigenvalue weighted by Crippen LogP contribution is 2.24. The predicted molar refractivity (Wildman–Crippen MR) is 98.1 cm³/mol. The van der Waals surface area contributed by atoms with Crippen molar-refractivity contribution in [3.63, 3.8) is 0 Å². The van der Waals surface area contributed by atoms with Crippen LogP contribution >= 0.6 is 0 Å². The summed E-state index contributed by atoms with van der Waals surface area (Å²) in [6.45, 7) is 7.04. The Kier molecular flexibility index (Phi) is 3.95. The topological polar surface area (TPSA) is 12.9 Å². The van der Waals surface area contributed by atoms with Crippen molar-refractivity contribution in [2.45, 2.75) is 19.6 Å². The normalized spacial score (nSPS) is 11.4. The molecule has 0 saturated heterocycles. The fraction of sp³-hybridized carbons (Fsp3) is 0.150. The van der Waals surface area contributed by atoms with Crippen LogP contribution in [0.3, 0.4) is 0 Å². The maximum Gasteiger partial charge on any atom is 0.0796 e. The second-order valence-electron chi connectivity index (χ2n) is 6.63. The Morgan fingerprint density at radius 3 is 2.00 bits per heavy atom. The highest BCUT2D eigenvalue weighted by Gasteiger charge is 2.16. The van der Waals surface area contributed by atoms with Gasteiger partial charge in [-0.1, -0.05) is 74.2 Å². The van der Waals surface area contributed by atoms with Gasteiger partial charge in [-0.2, -0.15) is 0 Å². The van der Waals surface area contributed by atoms with Crippen LogP contribution in [0, 0.1) is 0 Å². The van der Waals surface area contributed by atoms with Crippen molar-refractivity contribution in [1.29, 1.82) is 0 Å². The summed E-state index contributed by atoms with van der Waals surface area (Å²) >= 11 is 0. The molecule has 2 aromatic carbocycles. The van der Waals surface area contributed by atoms with Gasteiger partial charge in [-0.05, 0) is 28.4 Å². The van der Waals surface area contributed by atoms with Crippen LogP contribution in [0.25, 0.3) is 22.4 Å². The zero-order chi connectivity index (χ0) is 15.6. The first-order valence-electron chi connectivity index (χ1n) is 7.66. The zero-order valence-corrected chi connectivity index (χ0v) is 14.4. The summed E-state index contributed by atoms with van der Waals surface area (Å²) in [5.41, 5.74) is 4.68. The van der Waals surface area contributed by atoms with Gasteiger partial charge in [0.05, 0.1) is 13.8 Å². The van der Waals surface area contributed by atoms with Crippen LogP contribution in [0.4, 0.5) is 0 Å². The summed E-state index contributed by atoms with van der Waals surface area (Å²) < 4.78 is 0. The molecule has 0 amide bonds. The predicted octanol–water partition coefficient (Wildman–Crippen LogP) is 4.96. The summed E-state index contributed by atoms with van der Waals surface area (Å²) in [6, 6.07) is 23.5. The molecule has 0 radical (unpaired) electrons. The summed E-state index contributed by atoms with van der Waals surface area (Å²) in [5.74, 6) is 0. The van der Waals surface area contributed by atoms with Gasteiger partial charge in [0.15, 0.2) is 0 Å². The van der Waals surface area contributed by atoms with Crippen molar-refractivity contribution in [1.82, 2.24) is 4.98 Å². The average Bonchev–Trinajstić information content (AvgIpc) is 2.55. The third-order valence-corrected chi connectivity index (χ3v) is 5.92. The number of benzene rings is 2. The van der Waals surface area contributed by atoms with Gasteiger partial charge in [0.2, 0.25) is 0 Å². The SMILES string of the molecule is C[Si](C)(C)c1ccc(-c2cccc(-c3ccccc3)c2)nc1. The third-order valence-electron chi connectivity index (χ3n) is 3.89. The minimum Gasteiger partial charge on any atom is -0.256 e. The largest absolute Gasteiger partial charge is 0.256 e. The van der Waals surface area contributed by atoms with Crippen LogP contribution in [-0.2, 0) is 0 Å². The van der Waals surface area contributed by atoms with E-state index >= 15 is 0 Å². The maximum absolute atomic E-state index is 4.68. The zero-order valence-electron chi connectivity index (χ0n) is 13.4. The van der Waals surface area contributed by atoms with Crippen molar-refractivity contribution in [2.24, 2.45) is 0 Å². The number of pyridine rings is 1. The Hall–Kier alpha value is -2.19. The minimum absolute atomic E-state index is 1.04. The molecule has 0 N–H and O–H groups in total. The molecule has 0 atom stereocenters. The van der Waals surface area contributed by atoms with E-state index in [4.69, 9.17) is 0 Å². The molecular weight excluding hydrogens is 282 g/mol. The Labute approximate surface area is 133 Å². The Balaban J connectivity index is 1.96. The Bertz CT molecular complexity index is 756. The van der Waals surface area contributed by atoms with Crippen molar-refractivity contribution in [3.05, 3.63) is 72.9 Å². The Morgan fingerprint density at radius 2 is 1.36 bits per heavy atom. The van der Waals surface area contributed by atoms with E-state index in [1.165, 1.54) is 21.9 Å². The summed E-state index contributed by atoms with van der Waals surface area (Å²) in [4.78, 5) is 4.68. The van der Waals surface area contributed by atoms with E-state index < -0.39 is 8.07 Å². The van der Waals surface area contributed by atoms with E-state index in [0.717, 1.165) is 5.69 Å². The molecule has 0 unspecified atom stereocenters. The summed E-state index contributed by atoms with van der Waals surface area (Å²) in [5, 5.41) is 1.40. The molecule has 0 aliphatic rings. The van der Waals surface area contributed by atoms with Gasteiger partial charge in [-0.15, -0.1) is 0 Å². The third kappa shape index (κ3) is 3.17. The summed E-state index contributed by atoms with van der Waals surface area (Å²) in [6.07, 6.45) is 2.05. The van der Waals surface area contributed by atoms with Crippen LogP contribution in [0.2, 0.25) is 19.6 Å². The smallest absolute Gasteiger partial charge is 0.0796 e. The quantitative estimate of drug-likeness (QED) is 0.623. The lowest BCUT2D eigenvalue weighted by Gasteiger charge is -2.16. The highest BCUT2D eigenvalue weighted by atomic mass is 28.3. The molecule has 0 saturated carbocycles. The Morgan fingerprint density at radius 1 is 0.682 bits per heavy atom. The molecule has 1 nitrogen and oxygen atoms in total. The van der Waals surface area contributed by atoms with E-state index in [9.17, 15) is 0 Å². The fourth-order valence-corrected chi connectivity index (χ4v) is 3.53. The molecule has 0 bridgehead atoms. The van der Waals surface area contributed by atoms with Gasteiger partial charge in [0, 0.05) is 11.8 Å². The van der Waals surface area contributed by atoms with E-state index in [1.807, 2.05) is 6.07 Å². The van der Waals surface area contributed by atoms with Gasteiger partial charge < -0.3 is 0 Å². The number of hydrogen-bond acceptors (Lipinski definition) is 1. The van der Waals surface area contributed by atoms with Crippen LogP contribution in [0.15, 0.2) is 72.9 Å². The first-order chi connectivity index (χ1) is 10.5. The average molecular weight is 303 g/mol. The molecule has 2 heteroatoms. The van der Waals surface area contributed by atoms with E-state index in [1.54, 1.807) is 0 Å². The number of aromatic nitrogens is 1. The van der Waals surface area contributed by atoms with Gasteiger partial charge >= 0.3 is 0 Å². The standard InChI is InChI=1S/C20H21NSi/c1-22(2,3)19-12-13-20(21-15-19)18-11-7-10-17(14-18)16-8-5-4-6-9-16/h4-15H,1-3H3. The second kappa shape index (κ2) is 5.89. The highest BCUT2D eigenvalue weighted by molar-refractivity contribution is 6.88. The second-order valence-corrected chi connectivity index (χ2v) is 11.7. The molecule has 3 rings (SSSR count). The van der Waals surface area contributed by atoms with Gasteiger partial charge in [-0.25, -0.2) is 0 Å². The lowest BCUT2D eigenvalue weighted by molar-refractivity contribution is 1.34. The lowest BCUT2D eigenvalue weighted by Crippen LogP contribution is -2.37. The van der Waals surface area contributed by atoms with Crippen LogP contribution < -0.4 is 5.19 Å². The number of nitrogens with zero attached hydrogens (tertiary/aromatic N) is 1. The van der Waals surface area contributed by atoms with Crippen LogP contribution in [0.5, 0.6) is 0 Å². The number of rotatable bonds is 3. The molecule has 0 spiro atoms. The molecule has 110 valence electrons. The minimum atomic E-state index is -1.28. The van der Waals surface area contributed by atoms with E-state index in [0.29, 0.717) is 0 Å². The molecule has 0 fully saturated rings. The first kappa shape index (κ1) is 14.7. The molecule has 3 aromatic rings. The molecule has 0 aliphatic heterocycles. The van der Waals surface area contributed by atoms with Gasteiger partial charge in [0.1, 0.15) is 0 Å². The van der Waals surface area contributed by atoms with Crippen LogP contribution in [-0.4, -0.2) is 13.1 Å². The van der Waals surface area contributed by atoms with Crippen LogP contribution in [0.1, 0.15) is 0 Å². The number of hydrogen-bond donors (Lipinski definition) is 0. The molecule has 1 heterocycles. The summed E-state index contributed by atoms with van der Waals surface area (Å²) in [7, 11) is -1.28. The monoisotopic (exact) mass is 303 g/mol. The molecule has 1 aromatic heterocycles. The van der Waals surface area contributed by atoms with Crippen molar-refractivity contribution in [3.8, 4) is 22.4 Å². The van der Waals surface area contributed by atoms with E-state index in [-0.39, 0.29) is 0 Å². The maximum atomic E-state index is 4.68. The molecule has 0 aliphatic carbocycles. The van der Waals surface area contributed by atoms with E-state index in [2.05, 4.69) is 91.5 Å². The lowest BCUT2D eigenvalue weighted by atomic mass is 10.0. The molecular formula is C20H21NSi. The molecule has 22 heavy (non-hydrogen) atoms. The van der Waals surface area contributed by atoms with Crippen molar-refractivity contribution >= 4 is 13.3 Å².